The third-order valence-corrected chi connectivity index (χ3v) is 11.7. The van der Waals surface area contributed by atoms with Crippen LogP contribution in [0, 0.1) is 0 Å². The molecule has 8 aromatic carbocycles. The van der Waals surface area contributed by atoms with E-state index in [-0.39, 0.29) is 0 Å². The standard InChI is InChI=1S/C50H38N2/c1-29(2)31-14-16-34-27-48-42(23-36(34)20-31)44-25-38(26-45-43-24-37-21-32(30(3)4)15-17-35(37)28-49(43)52(48)50(44)45)33-18-19-47-41(22-33)40-12-8-9-13-46(40)51(47)39-10-6-5-7-11-39/h5-30H,1-4H3. The van der Waals surface area contributed by atoms with Gasteiger partial charge in [0.2, 0.25) is 0 Å². The predicted octanol–water partition coefficient (Wildman–Crippen LogP) is 14.2. The van der Waals surface area contributed by atoms with Gasteiger partial charge >= 0.3 is 0 Å². The fourth-order valence-electron chi connectivity index (χ4n) is 8.96. The van der Waals surface area contributed by atoms with Crippen LogP contribution < -0.4 is 0 Å². The molecule has 0 spiro atoms. The molecule has 3 aromatic heterocycles. The topological polar surface area (TPSA) is 9.34 Å². The summed E-state index contributed by atoms with van der Waals surface area (Å²) >= 11 is 0. The van der Waals surface area contributed by atoms with Crippen molar-refractivity contribution in [3.05, 3.63) is 157 Å². The zero-order valence-corrected chi connectivity index (χ0v) is 29.9. The van der Waals surface area contributed by atoms with Gasteiger partial charge in [-0.05, 0) is 122 Å². The summed E-state index contributed by atoms with van der Waals surface area (Å²) in [6.45, 7) is 9.12. The molecule has 0 N–H and O–H groups in total. The normalized spacial score (nSPS) is 12.6. The summed E-state index contributed by atoms with van der Waals surface area (Å²) in [5, 5.41) is 13.0. The van der Waals surface area contributed by atoms with Crippen LogP contribution in [0.5, 0.6) is 0 Å². The van der Waals surface area contributed by atoms with Crippen LogP contribution in [0.15, 0.2) is 146 Å². The highest BCUT2D eigenvalue weighted by molar-refractivity contribution is 6.27. The number of para-hydroxylation sites is 2. The Hall–Kier alpha value is -6.12. The molecular formula is C50H38N2. The van der Waals surface area contributed by atoms with E-state index in [4.69, 9.17) is 0 Å². The molecule has 0 bridgehead atoms. The molecule has 3 heterocycles. The Morgan fingerprint density at radius 1 is 0.365 bits per heavy atom. The van der Waals surface area contributed by atoms with Crippen LogP contribution in [0.2, 0.25) is 0 Å². The number of nitrogens with zero attached hydrogens (tertiary/aromatic N) is 2. The number of hydrogen-bond donors (Lipinski definition) is 0. The van der Waals surface area contributed by atoms with E-state index in [9.17, 15) is 0 Å². The van der Waals surface area contributed by atoms with Gasteiger partial charge in [0, 0.05) is 38.0 Å². The van der Waals surface area contributed by atoms with E-state index in [2.05, 4.69) is 182 Å². The summed E-state index contributed by atoms with van der Waals surface area (Å²) in [5.41, 5.74) is 12.7. The largest absolute Gasteiger partial charge is 0.309 e. The van der Waals surface area contributed by atoms with Gasteiger partial charge in [0.25, 0.3) is 0 Å². The van der Waals surface area contributed by atoms with E-state index < -0.39 is 0 Å². The van der Waals surface area contributed by atoms with Crippen LogP contribution in [-0.2, 0) is 0 Å². The molecule has 0 unspecified atom stereocenters. The fraction of sp³-hybridized carbons (Fsp3) is 0.120. The lowest BCUT2D eigenvalue weighted by Gasteiger charge is -2.10. The van der Waals surface area contributed by atoms with Crippen molar-refractivity contribution in [3.8, 4) is 16.8 Å². The molecule has 0 amide bonds. The molecule has 11 rings (SSSR count). The van der Waals surface area contributed by atoms with Crippen LogP contribution in [0.1, 0.15) is 50.7 Å². The second-order valence-electron chi connectivity index (χ2n) is 15.4. The van der Waals surface area contributed by atoms with Crippen LogP contribution in [0.4, 0.5) is 0 Å². The number of hydrogen-bond acceptors (Lipinski definition) is 0. The Kier molecular flexibility index (Phi) is 6.09. The lowest BCUT2D eigenvalue weighted by atomic mass is 9.95. The third kappa shape index (κ3) is 4.12. The van der Waals surface area contributed by atoms with Crippen LogP contribution >= 0.6 is 0 Å². The first kappa shape index (κ1) is 29.6. The minimum absolute atomic E-state index is 0.484. The fourth-order valence-corrected chi connectivity index (χ4v) is 8.96. The van der Waals surface area contributed by atoms with E-state index in [0.29, 0.717) is 11.8 Å². The average molecular weight is 667 g/mol. The van der Waals surface area contributed by atoms with E-state index in [0.717, 1.165) is 0 Å². The smallest absolute Gasteiger partial charge is 0.0620 e. The molecule has 0 saturated heterocycles. The van der Waals surface area contributed by atoms with Gasteiger partial charge in [-0.1, -0.05) is 107 Å². The van der Waals surface area contributed by atoms with Crippen molar-refractivity contribution in [1.29, 1.82) is 0 Å². The Labute approximate surface area is 302 Å². The van der Waals surface area contributed by atoms with E-state index in [1.54, 1.807) is 0 Å². The molecule has 0 aliphatic rings. The minimum Gasteiger partial charge on any atom is -0.309 e. The Morgan fingerprint density at radius 3 is 1.52 bits per heavy atom. The van der Waals surface area contributed by atoms with Gasteiger partial charge in [0.05, 0.1) is 27.6 Å². The van der Waals surface area contributed by atoms with Gasteiger partial charge in [-0.15, -0.1) is 0 Å². The van der Waals surface area contributed by atoms with Crippen molar-refractivity contribution in [2.24, 2.45) is 0 Å². The second-order valence-corrected chi connectivity index (χ2v) is 15.4. The van der Waals surface area contributed by atoms with E-state index in [1.165, 1.54) is 109 Å². The molecule has 11 aromatic rings. The lowest BCUT2D eigenvalue weighted by Crippen LogP contribution is -1.92. The van der Waals surface area contributed by atoms with Crippen LogP contribution in [0.3, 0.4) is 0 Å². The lowest BCUT2D eigenvalue weighted by molar-refractivity contribution is 0.869. The first-order chi connectivity index (χ1) is 25.4. The Morgan fingerprint density at radius 2 is 0.904 bits per heavy atom. The molecular weight excluding hydrogens is 629 g/mol. The summed E-state index contributed by atoms with van der Waals surface area (Å²) < 4.78 is 4.94. The SMILES string of the molecule is CC(C)c1ccc2cc3c(cc2c1)c1cc(-c2ccc4c(c2)c2ccccc2n4-c2ccccc2)cc2c4cc5cc(C(C)C)ccc5cc4n3c12. The van der Waals surface area contributed by atoms with Gasteiger partial charge in [-0.3, -0.25) is 0 Å². The first-order valence-corrected chi connectivity index (χ1v) is 18.6. The molecule has 0 fully saturated rings. The molecule has 0 aliphatic carbocycles. The molecule has 248 valence electrons. The van der Waals surface area contributed by atoms with Crippen LogP contribution in [0.25, 0.3) is 98.3 Å². The van der Waals surface area contributed by atoms with Crippen molar-refractivity contribution in [1.82, 2.24) is 8.97 Å². The van der Waals surface area contributed by atoms with E-state index >= 15 is 0 Å². The number of aromatic nitrogens is 2. The van der Waals surface area contributed by atoms with Gasteiger partial charge < -0.3 is 8.97 Å². The van der Waals surface area contributed by atoms with Crippen LogP contribution in [-0.4, -0.2) is 8.97 Å². The maximum Gasteiger partial charge on any atom is 0.0620 e. The van der Waals surface area contributed by atoms with Gasteiger partial charge in [-0.25, -0.2) is 0 Å². The molecule has 0 radical (unpaired) electrons. The highest BCUT2D eigenvalue weighted by atomic mass is 15.0. The zero-order chi connectivity index (χ0) is 34.8. The highest BCUT2D eigenvalue weighted by Gasteiger charge is 2.21. The molecule has 2 heteroatoms. The summed E-state index contributed by atoms with van der Waals surface area (Å²) in [6, 6.07) is 55.2. The molecule has 52 heavy (non-hydrogen) atoms. The quantitative estimate of drug-likeness (QED) is 0.177. The van der Waals surface area contributed by atoms with Crippen molar-refractivity contribution < 1.29 is 0 Å². The number of rotatable bonds is 4. The van der Waals surface area contributed by atoms with Crippen molar-refractivity contribution in [2.45, 2.75) is 39.5 Å². The maximum atomic E-state index is 2.54. The highest BCUT2D eigenvalue weighted by Crippen LogP contribution is 2.45. The van der Waals surface area contributed by atoms with Crippen molar-refractivity contribution in [2.75, 3.05) is 0 Å². The Balaban J connectivity index is 1.24. The maximum absolute atomic E-state index is 2.54. The second kappa shape index (κ2) is 10.7. The summed E-state index contributed by atoms with van der Waals surface area (Å²) in [7, 11) is 0. The predicted molar refractivity (Wildman–Crippen MR) is 224 cm³/mol. The average Bonchev–Trinajstić information content (AvgIpc) is 3.79. The monoisotopic (exact) mass is 666 g/mol. The number of fused-ring (bicyclic) bond motifs is 11. The molecule has 0 aliphatic heterocycles. The zero-order valence-electron chi connectivity index (χ0n) is 29.9. The van der Waals surface area contributed by atoms with Gasteiger partial charge in [-0.2, -0.15) is 0 Å². The molecule has 0 saturated carbocycles. The van der Waals surface area contributed by atoms with Gasteiger partial charge in [0.1, 0.15) is 0 Å². The Bertz CT molecular complexity index is 3090. The summed E-state index contributed by atoms with van der Waals surface area (Å²) in [5.74, 6) is 0.968. The van der Waals surface area contributed by atoms with Crippen molar-refractivity contribution >= 4 is 81.4 Å². The van der Waals surface area contributed by atoms with Gasteiger partial charge in [0.15, 0.2) is 0 Å². The third-order valence-electron chi connectivity index (χ3n) is 11.7. The number of benzene rings is 8. The summed E-state index contributed by atoms with van der Waals surface area (Å²) in [6.07, 6.45) is 0. The minimum atomic E-state index is 0.484. The van der Waals surface area contributed by atoms with E-state index in [1.807, 2.05) is 0 Å². The first-order valence-electron chi connectivity index (χ1n) is 18.6. The van der Waals surface area contributed by atoms with Crippen molar-refractivity contribution in [3.63, 3.8) is 0 Å². The molecule has 2 nitrogen and oxygen atoms in total. The molecule has 0 atom stereocenters. The summed E-state index contributed by atoms with van der Waals surface area (Å²) in [4.78, 5) is 0.